The van der Waals surface area contributed by atoms with Crippen LogP contribution in [0.4, 0.5) is 0 Å². The molecular weight excluding hydrogens is 333 g/mol. The summed E-state index contributed by atoms with van der Waals surface area (Å²) in [5.41, 5.74) is 2.32. The summed E-state index contributed by atoms with van der Waals surface area (Å²) in [4.78, 5) is 0. The van der Waals surface area contributed by atoms with Crippen LogP contribution in [0.25, 0.3) is 0 Å². The Bertz CT molecular complexity index is 666. The zero-order valence-electron chi connectivity index (χ0n) is 13.2. The van der Waals surface area contributed by atoms with Crippen LogP contribution in [-0.4, -0.2) is 12.6 Å². The van der Waals surface area contributed by atoms with E-state index in [1.165, 1.54) is 5.56 Å². The normalized spacial score (nSPS) is 14.9. The van der Waals surface area contributed by atoms with Crippen molar-refractivity contribution in [1.29, 1.82) is 0 Å². The van der Waals surface area contributed by atoms with Crippen LogP contribution in [-0.2, 0) is 15.9 Å². The molecule has 6 heteroatoms. The number of hydrogen-bond acceptors (Lipinski definition) is 3. The average molecular weight is 354 g/mol. The van der Waals surface area contributed by atoms with Crippen molar-refractivity contribution >= 4 is 18.1 Å². The van der Waals surface area contributed by atoms with E-state index < -0.39 is 6.87 Å². The summed E-state index contributed by atoms with van der Waals surface area (Å²) in [5, 5.41) is 2.78. The second-order valence-electron chi connectivity index (χ2n) is 5.36. The number of halogens is 1. The fraction of sp³-hybridized carbons (Fsp3) is 0.294. The van der Waals surface area contributed by atoms with E-state index in [2.05, 4.69) is 5.09 Å². The van der Waals surface area contributed by atoms with Crippen molar-refractivity contribution in [3.8, 4) is 5.75 Å². The predicted molar refractivity (Wildman–Crippen MR) is 94.0 cm³/mol. The summed E-state index contributed by atoms with van der Waals surface area (Å²) in [6.07, 6.45) is 0. The molecule has 2 atom stereocenters. The molecule has 1 N–H and O–H groups in total. The van der Waals surface area contributed by atoms with Gasteiger partial charge in [-0.1, -0.05) is 42.5 Å². The van der Waals surface area contributed by atoms with Gasteiger partial charge in [-0.15, -0.1) is 0 Å². The molecule has 0 saturated heterocycles. The van der Waals surface area contributed by atoms with E-state index in [1.807, 2.05) is 44.2 Å². The summed E-state index contributed by atoms with van der Waals surface area (Å²) >= 11 is 5.95. The van der Waals surface area contributed by atoms with Crippen LogP contribution in [0.5, 0.6) is 5.75 Å². The maximum Gasteiger partial charge on any atom is 0.409 e. The van der Waals surface area contributed by atoms with Crippen molar-refractivity contribution in [3.05, 3.63) is 65.7 Å². The van der Waals surface area contributed by atoms with Gasteiger partial charge >= 0.3 is 6.87 Å². The number of aryl methyl sites for hydroxylation is 1. The number of rotatable bonds is 8. The fourth-order valence-electron chi connectivity index (χ4n) is 2.06. The van der Waals surface area contributed by atoms with Crippen molar-refractivity contribution in [1.82, 2.24) is 5.09 Å². The molecular formula is C17H21ClNO3P. The molecule has 2 aromatic carbocycles. The van der Waals surface area contributed by atoms with Gasteiger partial charge in [0.1, 0.15) is 5.75 Å². The number of ether oxygens (including phenoxy) is 1. The smallest absolute Gasteiger partial charge is 0.409 e. The van der Waals surface area contributed by atoms with Crippen LogP contribution in [0.3, 0.4) is 0 Å². The highest BCUT2D eigenvalue weighted by Gasteiger charge is 2.23. The standard InChI is InChI=1S/C17H21ClNO3P/c1-14-8-6-7-9-16(14)13-21-12-15(2)19-23(18,20)22-17-10-4-3-5-11-17/h3-11,15H,12-13H2,1-2H3,(H,19,20)/t15-,23?/m1/s1. The Balaban J connectivity index is 1.78. The van der Waals surface area contributed by atoms with Gasteiger partial charge in [-0.05, 0) is 37.1 Å². The molecule has 0 aliphatic carbocycles. The lowest BCUT2D eigenvalue weighted by molar-refractivity contribution is 0.107. The molecule has 0 amide bonds. The van der Waals surface area contributed by atoms with E-state index in [0.717, 1.165) is 5.56 Å². The van der Waals surface area contributed by atoms with Gasteiger partial charge in [0.05, 0.1) is 13.2 Å². The zero-order chi connectivity index (χ0) is 16.7. The summed E-state index contributed by atoms with van der Waals surface area (Å²) in [5.74, 6) is 0.464. The van der Waals surface area contributed by atoms with Gasteiger partial charge in [0.2, 0.25) is 0 Å². The highest BCUT2D eigenvalue weighted by molar-refractivity contribution is 7.84. The van der Waals surface area contributed by atoms with Crippen LogP contribution < -0.4 is 9.61 Å². The fourth-order valence-corrected chi connectivity index (χ4v) is 3.85. The number of benzene rings is 2. The van der Waals surface area contributed by atoms with Crippen LogP contribution in [0.15, 0.2) is 54.6 Å². The third kappa shape index (κ3) is 6.36. The lowest BCUT2D eigenvalue weighted by atomic mass is 10.1. The Kier molecular flexibility index (Phi) is 6.67. The molecule has 1 unspecified atom stereocenters. The van der Waals surface area contributed by atoms with E-state index in [-0.39, 0.29) is 6.04 Å². The van der Waals surface area contributed by atoms with Crippen molar-refractivity contribution in [2.75, 3.05) is 6.61 Å². The van der Waals surface area contributed by atoms with Crippen LogP contribution in [0.1, 0.15) is 18.1 Å². The molecule has 0 heterocycles. The van der Waals surface area contributed by atoms with E-state index in [9.17, 15) is 4.57 Å². The molecule has 4 nitrogen and oxygen atoms in total. The molecule has 0 aliphatic heterocycles. The molecule has 124 valence electrons. The number of para-hydroxylation sites is 1. The quantitative estimate of drug-likeness (QED) is 0.684. The zero-order valence-corrected chi connectivity index (χ0v) is 14.9. The second kappa shape index (κ2) is 8.51. The van der Waals surface area contributed by atoms with Crippen molar-refractivity contribution < 1.29 is 13.8 Å². The van der Waals surface area contributed by atoms with Crippen molar-refractivity contribution in [2.24, 2.45) is 0 Å². The summed E-state index contributed by atoms with van der Waals surface area (Å²) in [6, 6.07) is 16.7. The number of hydrogen-bond donors (Lipinski definition) is 1. The van der Waals surface area contributed by atoms with Crippen molar-refractivity contribution in [2.45, 2.75) is 26.5 Å². The molecule has 0 aromatic heterocycles. The summed E-state index contributed by atoms with van der Waals surface area (Å²) < 4.78 is 23.2. The highest BCUT2D eigenvalue weighted by atomic mass is 35.7. The van der Waals surface area contributed by atoms with Crippen LogP contribution in [0.2, 0.25) is 0 Å². The molecule has 0 bridgehead atoms. The summed E-state index contributed by atoms with van der Waals surface area (Å²) in [7, 11) is 0. The van der Waals surface area contributed by atoms with E-state index in [4.69, 9.17) is 20.5 Å². The van der Waals surface area contributed by atoms with E-state index in [1.54, 1.807) is 24.3 Å². The second-order valence-corrected chi connectivity index (χ2v) is 8.09. The van der Waals surface area contributed by atoms with Gasteiger partial charge in [-0.3, -0.25) is 0 Å². The minimum absolute atomic E-state index is 0.203. The van der Waals surface area contributed by atoms with Gasteiger partial charge in [0.25, 0.3) is 0 Å². The third-order valence-electron chi connectivity index (χ3n) is 3.23. The first-order valence-electron chi connectivity index (χ1n) is 7.41. The van der Waals surface area contributed by atoms with E-state index in [0.29, 0.717) is 19.0 Å². The van der Waals surface area contributed by atoms with Gasteiger partial charge in [-0.25, -0.2) is 9.65 Å². The molecule has 0 aliphatic rings. The first kappa shape index (κ1) is 18.0. The lowest BCUT2D eigenvalue weighted by Crippen LogP contribution is -2.28. The third-order valence-corrected chi connectivity index (χ3v) is 4.92. The van der Waals surface area contributed by atoms with Gasteiger partial charge in [0, 0.05) is 17.3 Å². The van der Waals surface area contributed by atoms with E-state index >= 15 is 0 Å². The maximum absolute atomic E-state index is 12.3. The maximum atomic E-state index is 12.3. The van der Waals surface area contributed by atoms with Crippen LogP contribution >= 0.6 is 18.1 Å². The van der Waals surface area contributed by atoms with Gasteiger partial charge in [-0.2, -0.15) is 0 Å². The topological polar surface area (TPSA) is 47.6 Å². The Labute approximate surface area is 142 Å². The van der Waals surface area contributed by atoms with Crippen molar-refractivity contribution in [3.63, 3.8) is 0 Å². The molecule has 0 fully saturated rings. The Morgan fingerprint density at radius 2 is 1.78 bits per heavy atom. The average Bonchev–Trinajstić information content (AvgIpc) is 2.49. The largest absolute Gasteiger partial charge is 0.422 e. The first-order valence-corrected chi connectivity index (χ1v) is 9.93. The number of nitrogens with one attached hydrogen (secondary N) is 1. The molecule has 0 radical (unpaired) electrons. The Morgan fingerprint density at radius 3 is 2.48 bits per heavy atom. The molecule has 2 rings (SSSR count). The highest BCUT2D eigenvalue weighted by Crippen LogP contribution is 2.48. The minimum atomic E-state index is -3.45. The molecule has 0 spiro atoms. The van der Waals surface area contributed by atoms with Gasteiger partial charge < -0.3 is 9.26 Å². The first-order chi connectivity index (χ1) is 11.0. The van der Waals surface area contributed by atoms with Gasteiger partial charge in [0.15, 0.2) is 0 Å². The Hall–Kier alpha value is -1.32. The minimum Gasteiger partial charge on any atom is -0.422 e. The summed E-state index contributed by atoms with van der Waals surface area (Å²) in [6.45, 7) is 1.32. The predicted octanol–water partition coefficient (Wildman–Crippen LogP) is 4.92. The Morgan fingerprint density at radius 1 is 1.13 bits per heavy atom. The molecule has 2 aromatic rings. The molecule has 0 saturated carbocycles. The molecule has 23 heavy (non-hydrogen) atoms. The van der Waals surface area contributed by atoms with Crippen LogP contribution in [0, 0.1) is 6.92 Å². The lowest BCUT2D eigenvalue weighted by Gasteiger charge is -2.19. The SMILES string of the molecule is Cc1ccccc1COC[C@@H](C)NP(=O)(Cl)Oc1ccccc1. The monoisotopic (exact) mass is 353 g/mol.